The van der Waals surface area contributed by atoms with Gasteiger partial charge in [0.2, 0.25) is 0 Å². The largest absolute Gasteiger partial charge is 0.489 e. The summed E-state index contributed by atoms with van der Waals surface area (Å²) >= 11 is 3.91. The Morgan fingerprint density at radius 3 is 2.61 bits per heavy atom. The molecule has 18 heavy (non-hydrogen) atoms. The van der Waals surface area contributed by atoms with Gasteiger partial charge in [0.1, 0.15) is 12.4 Å². The van der Waals surface area contributed by atoms with Crippen LogP contribution in [-0.2, 0) is 6.18 Å². The molecule has 0 aliphatic heterocycles. The number of nitrogens with zero attached hydrogens (tertiary/aromatic N) is 1. The molecule has 0 radical (unpaired) electrons. The first-order valence-electron chi connectivity index (χ1n) is 4.99. The van der Waals surface area contributed by atoms with E-state index in [0.717, 1.165) is 12.1 Å². The van der Waals surface area contributed by atoms with Crippen molar-refractivity contribution in [2.24, 2.45) is 0 Å². The predicted molar refractivity (Wildman–Crippen MR) is 64.6 cm³/mol. The van der Waals surface area contributed by atoms with Crippen LogP contribution in [0.25, 0.3) is 0 Å². The molecule has 0 aromatic heterocycles. The van der Waals surface area contributed by atoms with Crippen molar-refractivity contribution in [3.05, 3.63) is 41.5 Å². The van der Waals surface area contributed by atoms with Crippen LogP contribution in [0.3, 0.4) is 0 Å². The molecular formula is C12H10F3NOS. The molecule has 0 aliphatic rings. The fraction of sp³-hybridized carbons (Fsp3) is 0.250. The van der Waals surface area contributed by atoms with Gasteiger partial charge in [0.05, 0.1) is 17.2 Å². The van der Waals surface area contributed by atoms with Crippen LogP contribution in [0, 0.1) is 11.3 Å². The van der Waals surface area contributed by atoms with Crippen molar-refractivity contribution < 1.29 is 17.9 Å². The second kappa shape index (κ2) is 6.36. The number of hydrogen-bond donors (Lipinski definition) is 1. The second-order valence-electron chi connectivity index (χ2n) is 3.29. The van der Waals surface area contributed by atoms with Gasteiger partial charge in [0, 0.05) is 5.75 Å². The highest BCUT2D eigenvalue weighted by atomic mass is 32.1. The monoisotopic (exact) mass is 273 g/mol. The van der Waals surface area contributed by atoms with Gasteiger partial charge in [-0.25, -0.2) is 0 Å². The van der Waals surface area contributed by atoms with Crippen molar-refractivity contribution >= 4 is 12.6 Å². The van der Waals surface area contributed by atoms with E-state index in [4.69, 9.17) is 10.00 Å². The number of alkyl halides is 3. The summed E-state index contributed by atoms with van der Waals surface area (Å²) in [7, 11) is 0. The van der Waals surface area contributed by atoms with Gasteiger partial charge in [-0.15, -0.1) is 0 Å². The molecular weight excluding hydrogens is 263 g/mol. The molecule has 0 aliphatic carbocycles. The highest BCUT2D eigenvalue weighted by Crippen LogP contribution is 2.36. The number of benzene rings is 1. The lowest BCUT2D eigenvalue weighted by Gasteiger charge is -2.13. The van der Waals surface area contributed by atoms with Crippen LogP contribution in [0.2, 0.25) is 0 Å². The summed E-state index contributed by atoms with van der Waals surface area (Å²) in [5, 5.41) is 8.59. The SMILES string of the molecule is N#Cc1ccc(OC/C=C/CS)c(C(F)(F)F)c1. The summed E-state index contributed by atoms with van der Waals surface area (Å²) in [5.74, 6) is 0.202. The zero-order valence-electron chi connectivity index (χ0n) is 9.24. The van der Waals surface area contributed by atoms with Crippen LogP contribution in [0.1, 0.15) is 11.1 Å². The van der Waals surface area contributed by atoms with Gasteiger partial charge in [0.25, 0.3) is 0 Å². The van der Waals surface area contributed by atoms with Crippen molar-refractivity contribution in [2.45, 2.75) is 6.18 Å². The van der Waals surface area contributed by atoms with Crippen molar-refractivity contribution in [1.29, 1.82) is 5.26 Å². The molecule has 0 N–H and O–H groups in total. The molecule has 1 aromatic carbocycles. The quantitative estimate of drug-likeness (QED) is 0.673. The molecule has 1 rings (SSSR count). The lowest BCUT2D eigenvalue weighted by atomic mass is 10.1. The average Bonchev–Trinajstić information content (AvgIpc) is 2.33. The van der Waals surface area contributed by atoms with Crippen LogP contribution >= 0.6 is 12.6 Å². The number of nitriles is 1. The molecule has 0 unspecified atom stereocenters. The van der Waals surface area contributed by atoms with Gasteiger partial charge in [-0.3, -0.25) is 0 Å². The third kappa shape index (κ3) is 4.00. The van der Waals surface area contributed by atoms with Crippen LogP contribution in [0.4, 0.5) is 13.2 Å². The first-order valence-corrected chi connectivity index (χ1v) is 5.62. The Balaban J connectivity index is 2.97. The van der Waals surface area contributed by atoms with Crippen LogP contribution < -0.4 is 4.74 Å². The highest BCUT2D eigenvalue weighted by molar-refractivity contribution is 7.80. The molecule has 2 nitrogen and oxygen atoms in total. The number of thiol groups is 1. The van der Waals surface area contributed by atoms with Crippen molar-refractivity contribution in [2.75, 3.05) is 12.4 Å². The number of rotatable bonds is 4. The summed E-state index contributed by atoms with van der Waals surface area (Å²) in [4.78, 5) is 0. The molecule has 1 aromatic rings. The molecule has 0 saturated carbocycles. The summed E-state index contributed by atoms with van der Waals surface area (Å²) in [5.41, 5.74) is -0.999. The fourth-order valence-corrected chi connectivity index (χ4v) is 1.38. The van der Waals surface area contributed by atoms with Crippen molar-refractivity contribution in [3.63, 3.8) is 0 Å². The van der Waals surface area contributed by atoms with Gasteiger partial charge in [-0.2, -0.15) is 31.1 Å². The number of ether oxygens (including phenoxy) is 1. The van der Waals surface area contributed by atoms with Crippen LogP contribution in [-0.4, -0.2) is 12.4 Å². The van der Waals surface area contributed by atoms with Gasteiger partial charge in [-0.1, -0.05) is 12.2 Å². The Morgan fingerprint density at radius 1 is 1.33 bits per heavy atom. The average molecular weight is 273 g/mol. The molecule has 0 bridgehead atoms. The van der Waals surface area contributed by atoms with E-state index in [2.05, 4.69) is 12.6 Å². The minimum absolute atomic E-state index is 0.0234. The highest BCUT2D eigenvalue weighted by Gasteiger charge is 2.34. The lowest BCUT2D eigenvalue weighted by molar-refractivity contribution is -0.138. The van der Waals surface area contributed by atoms with Crippen LogP contribution in [0.15, 0.2) is 30.4 Å². The third-order valence-corrected chi connectivity index (χ3v) is 2.23. The van der Waals surface area contributed by atoms with Gasteiger partial charge >= 0.3 is 6.18 Å². The Bertz CT molecular complexity index is 477. The summed E-state index contributed by atoms with van der Waals surface area (Å²) < 4.78 is 43.2. The van der Waals surface area contributed by atoms with E-state index < -0.39 is 11.7 Å². The van der Waals surface area contributed by atoms with E-state index in [9.17, 15) is 13.2 Å². The zero-order valence-corrected chi connectivity index (χ0v) is 10.1. The summed E-state index contributed by atoms with van der Waals surface area (Å²) in [6.45, 7) is 0.0234. The Labute approximate surface area is 108 Å². The van der Waals surface area contributed by atoms with Gasteiger partial charge in [0.15, 0.2) is 0 Å². The second-order valence-corrected chi connectivity index (χ2v) is 3.65. The summed E-state index contributed by atoms with van der Waals surface area (Å²) in [6.07, 6.45) is -1.30. The molecule has 0 saturated heterocycles. The third-order valence-electron chi connectivity index (χ3n) is 2.02. The van der Waals surface area contributed by atoms with Crippen LogP contribution in [0.5, 0.6) is 5.75 Å². The van der Waals surface area contributed by atoms with E-state index in [1.807, 2.05) is 0 Å². The molecule has 0 amide bonds. The van der Waals surface area contributed by atoms with E-state index in [1.54, 1.807) is 18.2 Å². The maximum absolute atomic E-state index is 12.7. The van der Waals surface area contributed by atoms with Gasteiger partial charge < -0.3 is 4.74 Å². The molecule has 6 heteroatoms. The molecule has 96 valence electrons. The first-order chi connectivity index (χ1) is 8.49. The molecule has 0 fully saturated rings. The maximum Gasteiger partial charge on any atom is 0.420 e. The standard InChI is InChI=1S/C12H10F3NOS/c13-12(14,15)10-7-9(8-16)3-4-11(10)17-5-1-2-6-18/h1-4,7,18H,5-6H2/b2-1+. The molecule has 0 spiro atoms. The number of hydrogen-bond acceptors (Lipinski definition) is 3. The number of halogens is 3. The summed E-state index contributed by atoms with van der Waals surface area (Å²) in [6, 6.07) is 4.87. The normalized spacial score (nSPS) is 11.5. The van der Waals surface area contributed by atoms with Crippen molar-refractivity contribution in [3.8, 4) is 11.8 Å². The molecule has 0 atom stereocenters. The minimum Gasteiger partial charge on any atom is -0.489 e. The van der Waals surface area contributed by atoms with Gasteiger partial charge in [-0.05, 0) is 18.2 Å². The minimum atomic E-state index is -4.55. The Kier molecular flexibility index (Phi) is 5.10. The topological polar surface area (TPSA) is 33.0 Å². The van der Waals surface area contributed by atoms with E-state index in [-0.39, 0.29) is 17.9 Å². The van der Waals surface area contributed by atoms with E-state index in [1.165, 1.54) is 6.07 Å². The Hall–Kier alpha value is -1.61. The predicted octanol–water partition coefficient (Wildman–Crippen LogP) is 3.44. The smallest absolute Gasteiger partial charge is 0.420 e. The lowest BCUT2D eigenvalue weighted by Crippen LogP contribution is -2.09. The molecule has 0 heterocycles. The first kappa shape index (κ1) is 14.5. The van der Waals surface area contributed by atoms with E-state index in [0.29, 0.717) is 5.75 Å². The zero-order chi connectivity index (χ0) is 13.6. The van der Waals surface area contributed by atoms with Crippen molar-refractivity contribution in [1.82, 2.24) is 0 Å². The maximum atomic E-state index is 12.7. The fourth-order valence-electron chi connectivity index (χ4n) is 1.23. The Morgan fingerprint density at radius 2 is 2.06 bits per heavy atom. The van der Waals surface area contributed by atoms with E-state index >= 15 is 0 Å².